The Morgan fingerprint density at radius 3 is 2.31 bits per heavy atom. The molecule has 0 aliphatic carbocycles. The molecular formula is C31H39N3O2. The number of aryl methyl sites for hydroxylation is 1. The number of nitrogens with one attached hydrogen (secondary N) is 1. The zero-order valence-electron chi connectivity index (χ0n) is 21.7. The molecule has 1 aliphatic rings. The number of para-hydroxylation sites is 2. The SMILES string of the molecule is COc1ccccc1N1CCN(CCCCCC(=O)NCc2ccccc2-c2ccccc2C)CC1. The number of methoxy groups -OCH3 is 1. The Kier molecular flexibility index (Phi) is 9.40. The van der Waals surface area contributed by atoms with Crippen LogP contribution in [0.3, 0.4) is 0 Å². The Morgan fingerprint density at radius 1 is 0.833 bits per heavy atom. The van der Waals surface area contributed by atoms with Crippen LogP contribution in [0.4, 0.5) is 5.69 Å². The van der Waals surface area contributed by atoms with Crippen LogP contribution in [0.5, 0.6) is 5.75 Å². The highest BCUT2D eigenvalue weighted by molar-refractivity contribution is 5.77. The molecule has 0 atom stereocenters. The monoisotopic (exact) mass is 485 g/mol. The van der Waals surface area contributed by atoms with E-state index in [1.165, 1.54) is 22.4 Å². The third kappa shape index (κ3) is 6.88. The van der Waals surface area contributed by atoms with E-state index in [0.29, 0.717) is 13.0 Å². The van der Waals surface area contributed by atoms with Crippen molar-refractivity contribution in [2.45, 2.75) is 39.2 Å². The number of hydrogen-bond acceptors (Lipinski definition) is 4. The van der Waals surface area contributed by atoms with E-state index in [0.717, 1.165) is 63.3 Å². The molecule has 5 heteroatoms. The van der Waals surface area contributed by atoms with E-state index in [9.17, 15) is 4.79 Å². The molecule has 5 nitrogen and oxygen atoms in total. The summed E-state index contributed by atoms with van der Waals surface area (Å²) in [5.74, 6) is 1.09. The molecular weight excluding hydrogens is 446 g/mol. The summed E-state index contributed by atoms with van der Waals surface area (Å²) < 4.78 is 5.52. The lowest BCUT2D eigenvalue weighted by atomic mass is 9.96. The van der Waals surface area contributed by atoms with E-state index in [1.54, 1.807) is 7.11 Å². The summed E-state index contributed by atoms with van der Waals surface area (Å²) >= 11 is 0. The van der Waals surface area contributed by atoms with Gasteiger partial charge in [0, 0.05) is 39.1 Å². The fraction of sp³-hybridized carbons (Fsp3) is 0.387. The van der Waals surface area contributed by atoms with Crippen molar-refractivity contribution in [3.05, 3.63) is 83.9 Å². The van der Waals surface area contributed by atoms with Crippen molar-refractivity contribution in [2.75, 3.05) is 44.7 Å². The summed E-state index contributed by atoms with van der Waals surface area (Å²) in [6.45, 7) is 7.98. The molecule has 0 bridgehead atoms. The van der Waals surface area contributed by atoms with Crippen molar-refractivity contribution in [3.8, 4) is 16.9 Å². The minimum atomic E-state index is 0.139. The second-order valence-corrected chi connectivity index (χ2v) is 9.56. The number of nitrogens with zero attached hydrogens (tertiary/aromatic N) is 2. The van der Waals surface area contributed by atoms with E-state index in [1.807, 2.05) is 18.2 Å². The number of piperazine rings is 1. The topological polar surface area (TPSA) is 44.8 Å². The van der Waals surface area contributed by atoms with Gasteiger partial charge in [-0.1, -0.05) is 67.1 Å². The van der Waals surface area contributed by atoms with Crippen molar-refractivity contribution in [2.24, 2.45) is 0 Å². The molecule has 4 rings (SSSR count). The molecule has 3 aromatic rings. The lowest BCUT2D eigenvalue weighted by Gasteiger charge is -2.36. The van der Waals surface area contributed by atoms with Crippen molar-refractivity contribution in [1.82, 2.24) is 10.2 Å². The lowest BCUT2D eigenvalue weighted by molar-refractivity contribution is -0.121. The Hall–Kier alpha value is -3.31. The highest BCUT2D eigenvalue weighted by Gasteiger charge is 2.19. The summed E-state index contributed by atoms with van der Waals surface area (Å²) in [5, 5.41) is 3.13. The largest absolute Gasteiger partial charge is 0.495 e. The van der Waals surface area contributed by atoms with Gasteiger partial charge >= 0.3 is 0 Å². The zero-order chi connectivity index (χ0) is 25.2. The first-order valence-corrected chi connectivity index (χ1v) is 13.2. The molecule has 0 radical (unpaired) electrons. The summed E-state index contributed by atoms with van der Waals surface area (Å²) in [6.07, 6.45) is 3.75. The fourth-order valence-corrected chi connectivity index (χ4v) is 5.00. The first-order chi connectivity index (χ1) is 17.7. The number of rotatable bonds is 11. The van der Waals surface area contributed by atoms with Gasteiger partial charge in [-0.05, 0) is 60.7 Å². The molecule has 0 saturated carbocycles. The van der Waals surface area contributed by atoms with E-state index in [-0.39, 0.29) is 5.91 Å². The third-order valence-electron chi connectivity index (χ3n) is 7.10. The number of hydrogen-bond donors (Lipinski definition) is 1. The summed E-state index contributed by atoms with van der Waals surface area (Å²) in [4.78, 5) is 17.4. The molecule has 1 fully saturated rings. The van der Waals surface area contributed by atoms with Crippen LogP contribution in [0.1, 0.15) is 36.8 Å². The van der Waals surface area contributed by atoms with Crippen LogP contribution >= 0.6 is 0 Å². The van der Waals surface area contributed by atoms with Gasteiger partial charge in [0.1, 0.15) is 5.75 Å². The Bertz CT molecular complexity index is 1120. The average molecular weight is 486 g/mol. The average Bonchev–Trinajstić information content (AvgIpc) is 2.92. The van der Waals surface area contributed by atoms with Crippen LogP contribution in [0.25, 0.3) is 11.1 Å². The van der Waals surface area contributed by atoms with Gasteiger partial charge < -0.3 is 15.0 Å². The predicted molar refractivity (Wildman–Crippen MR) is 149 cm³/mol. The minimum Gasteiger partial charge on any atom is -0.495 e. The second-order valence-electron chi connectivity index (χ2n) is 9.56. The number of amides is 1. The molecule has 1 amide bonds. The Labute approximate surface area is 216 Å². The van der Waals surface area contributed by atoms with Crippen molar-refractivity contribution < 1.29 is 9.53 Å². The molecule has 1 aliphatic heterocycles. The van der Waals surface area contributed by atoms with Crippen molar-refractivity contribution >= 4 is 11.6 Å². The highest BCUT2D eigenvalue weighted by atomic mass is 16.5. The maximum Gasteiger partial charge on any atom is 0.220 e. The van der Waals surface area contributed by atoms with Crippen LogP contribution in [0.2, 0.25) is 0 Å². The Morgan fingerprint density at radius 2 is 1.53 bits per heavy atom. The smallest absolute Gasteiger partial charge is 0.220 e. The van der Waals surface area contributed by atoms with Gasteiger partial charge in [-0.2, -0.15) is 0 Å². The molecule has 36 heavy (non-hydrogen) atoms. The van der Waals surface area contributed by atoms with Gasteiger partial charge in [-0.15, -0.1) is 0 Å². The van der Waals surface area contributed by atoms with Crippen molar-refractivity contribution in [3.63, 3.8) is 0 Å². The number of anilines is 1. The van der Waals surface area contributed by atoms with E-state index >= 15 is 0 Å². The first-order valence-electron chi connectivity index (χ1n) is 13.2. The number of carbonyl (C=O) groups is 1. The van der Waals surface area contributed by atoms with E-state index < -0.39 is 0 Å². The third-order valence-corrected chi connectivity index (χ3v) is 7.10. The predicted octanol–water partition coefficient (Wildman–Crippen LogP) is 5.67. The standard InChI is InChI=1S/C31H39N3O2/c1-25-12-5-7-14-27(25)28-15-8-6-13-26(28)24-32-31(35)18-4-3-11-19-33-20-22-34(23-21-33)29-16-9-10-17-30(29)36-2/h5-10,12-17H,3-4,11,18-24H2,1-2H3,(H,32,35). The fourth-order valence-electron chi connectivity index (χ4n) is 5.00. The summed E-state index contributed by atoms with van der Waals surface area (Å²) in [5.41, 5.74) is 6.02. The number of unbranched alkanes of at least 4 members (excludes halogenated alkanes) is 2. The van der Waals surface area contributed by atoms with Crippen LogP contribution in [0, 0.1) is 6.92 Å². The molecule has 1 saturated heterocycles. The molecule has 0 aromatic heterocycles. The van der Waals surface area contributed by atoms with Gasteiger partial charge in [0.25, 0.3) is 0 Å². The summed E-state index contributed by atoms with van der Waals surface area (Å²) in [7, 11) is 1.74. The Balaban J connectivity index is 1.13. The van der Waals surface area contributed by atoms with Crippen LogP contribution in [-0.4, -0.2) is 50.6 Å². The maximum absolute atomic E-state index is 12.5. The molecule has 0 unspecified atom stereocenters. The molecule has 0 spiro atoms. The lowest BCUT2D eigenvalue weighted by Crippen LogP contribution is -2.46. The molecule has 1 heterocycles. The number of carbonyl (C=O) groups excluding carboxylic acids is 1. The number of ether oxygens (including phenoxy) is 1. The quantitative estimate of drug-likeness (QED) is 0.356. The van der Waals surface area contributed by atoms with E-state index in [2.05, 4.69) is 76.6 Å². The zero-order valence-corrected chi connectivity index (χ0v) is 21.7. The highest BCUT2D eigenvalue weighted by Crippen LogP contribution is 2.29. The van der Waals surface area contributed by atoms with Crippen LogP contribution < -0.4 is 15.0 Å². The van der Waals surface area contributed by atoms with Gasteiger partial charge in [0.05, 0.1) is 12.8 Å². The van der Waals surface area contributed by atoms with Crippen LogP contribution in [0.15, 0.2) is 72.8 Å². The van der Waals surface area contributed by atoms with Gasteiger partial charge in [0.15, 0.2) is 0 Å². The minimum absolute atomic E-state index is 0.139. The second kappa shape index (κ2) is 13.1. The van der Waals surface area contributed by atoms with E-state index in [4.69, 9.17) is 4.74 Å². The molecule has 190 valence electrons. The normalized spacial score (nSPS) is 14.0. The van der Waals surface area contributed by atoms with Crippen LogP contribution in [-0.2, 0) is 11.3 Å². The summed E-state index contributed by atoms with van der Waals surface area (Å²) in [6, 6.07) is 25.0. The number of benzene rings is 3. The maximum atomic E-state index is 12.5. The van der Waals surface area contributed by atoms with Gasteiger partial charge in [-0.25, -0.2) is 0 Å². The van der Waals surface area contributed by atoms with Gasteiger partial charge in [-0.3, -0.25) is 9.69 Å². The molecule has 1 N–H and O–H groups in total. The first kappa shape index (κ1) is 25.8. The van der Waals surface area contributed by atoms with Crippen molar-refractivity contribution in [1.29, 1.82) is 0 Å². The molecule has 3 aromatic carbocycles. The van der Waals surface area contributed by atoms with Gasteiger partial charge in [0.2, 0.25) is 5.91 Å².